The van der Waals surface area contributed by atoms with E-state index in [1.165, 1.54) is 4.90 Å². The van der Waals surface area contributed by atoms with Gasteiger partial charge in [0.1, 0.15) is 6.61 Å². The number of likely N-dealkylation sites (tertiary alicyclic amines) is 1. The van der Waals surface area contributed by atoms with E-state index >= 15 is 0 Å². The summed E-state index contributed by atoms with van der Waals surface area (Å²) in [7, 11) is 0. The predicted molar refractivity (Wildman–Crippen MR) is 61.2 cm³/mol. The first-order chi connectivity index (χ1) is 8.70. The van der Waals surface area contributed by atoms with E-state index in [4.69, 9.17) is 14.3 Å². The second kappa shape index (κ2) is 5.81. The molecule has 0 bridgehead atoms. The number of carboxylic acid groups (broad SMARTS) is 1. The molecule has 18 heavy (non-hydrogen) atoms. The van der Waals surface area contributed by atoms with Crippen LogP contribution in [0, 0.1) is 0 Å². The molecule has 1 aliphatic rings. The fourth-order valence-electron chi connectivity index (χ4n) is 2.00. The Labute approximate surface area is 105 Å². The maximum absolute atomic E-state index is 10.8. The lowest BCUT2D eigenvalue weighted by Crippen LogP contribution is -2.36. The molecule has 1 aromatic heterocycles. The number of carbonyl (C=O) groups is 1. The summed E-state index contributed by atoms with van der Waals surface area (Å²) in [5.74, 6) is 1.23. The van der Waals surface area contributed by atoms with Crippen LogP contribution in [0.15, 0.2) is 4.42 Å². The number of hydrogen-bond donors (Lipinski definition) is 1. The Bertz CT molecular complexity index is 399. The van der Waals surface area contributed by atoms with Gasteiger partial charge in [-0.05, 0) is 19.8 Å². The highest BCUT2D eigenvalue weighted by molar-refractivity contribution is 5.65. The summed E-state index contributed by atoms with van der Waals surface area (Å²) in [4.78, 5) is 12.2. The van der Waals surface area contributed by atoms with Crippen molar-refractivity contribution in [3.63, 3.8) is 0 Å². The monoisotopic (exact) mass is 255 g/mol. The van der Waals surface area contributed by atoms with Gasteiger partial charge in [-0.15, -0.1) is 10.2 Å². The SMILES string of the molecule is CCOCc1nnc(C2CCN(C(=O)O)CC2)o1. The average molecular weight is 255 g/mol. The van der Waals surface area contributed by atoms with Crippen LogP contribution in [0.1, 0.15) is 37.5 Å². The molecule has 0 aliphatic carbocycles. The van der Waals surface area contributed by atoms with Gasteiger partial charge in [-0.3, -0.25) is 0 Å². The van der Waals surface area contributed by atoms with Gasteiger partial charge in [0.15, 0.2) is 0 Å². The largest absolute Gasteiger partial charge is 0.465 e. The van der Waals surface area contributed by atoms with Crippen LogP contribution in [0.2, 0.25) is 0 Å². The molecule has 7 heteroatoms. The van der Waals surface area contributed by atoms with Crippen LogP contribution in [0.4, 0.5) is 4.79 Å². The molecule has 7 nitrogen and oxygen atoms in total. The molecule has 0 spiro atoms. The van der Waals surface area contributed by atoms with E-state index in [0.717, 1.165) is 12.8 Å². The number of rotatable bonds is 4. The van der Waals surface area contributed by atoms with Crippen LogP contribution in [0.3, 0.4) is 0 Å². The Morgan fingerprint density at radius 2 is 2.22 bits per heavy atom. The van der Waals surface area contributed by atoms with Crippen molar-refractivity contribution < 1.29 is 19.1 Å². The van der Waals surface area contributed by atoms with Crippen molar-refractivity contribution >= 4 is 6.09 Å². The van der Waals surface area contributed by atoms with Crippen molar-refractivity contribution in [3.05, 3.63) is 11.8 Å². The molecule has 0 atom stereocenters. The van der Waals surface area contributed by atoms with Gasteiger partial charge in [0.25, 0.3) is 0 Å². The molecule has 1 saturated heterocycles. The second-order valence-corrected chi connectivity index (χ2v) is 4.22. The second-order valence-electron chi connectivity index (χ2n) is 4.22. The lowest BCUT2D eigenvalue weighted by Gasteiger charge is -2.27. The molecule has 2 rings (SSSR count). The summed E-state index contributed by atoms with van der Waals surface area (Å²) >= 11 is 0. The molecule has 100 valence electrons. The first-order valence-electron chi connectivity index (χ1n) is 6.08. The quantitative estimate of drug-likeness (QED) is 0.876. The third-order valence-electron chi connectivity index (χ3n) is 3.03. The number of piperidine rings is 1. The molecule has 0 aromatic carbocycles. The molecule has 0 unspecified atom stereocenters. The molecule has 0 radical (unpaired) electrons. The Hall–Kier alpha value is -1.63. The zero-order valence-corrected chi connectivity index (χ0v) is 10.3. The Balaban J connectivity index is 1.89. The topological polar surface area (TPSA) is 88.7 Å². The molecule has 1 N–H and O–H groups in total. The van der Waals surface area contributed by atoms with Crippen molar-refractivity contribution in [2.75, 3.05) is 19.7 Å². The van der Waals surface area contributed by atoms with Gasteiger partial charge in [0, 0.05) is 25.6 Å². The summed E-state index contributed by atoms with van der Waals surface area (Å²) in [6.07, 6.45) is 0.585. The van der Waals surface area contributed by atoms with Gasteiger partial charge in [-0.25, -0.2) is 4.79 Å². The number of nitrogens with zero attached hydrogens (tertiary/aromatic N) is 3. The third kappa shape index (κ3) is 2.98. The fraction of sp³-hybridized carbons (Fsp3) is 0.727. The average Bonchev–Trinajstić information content (AvgIpc) is 2.85. The van der Waals surface area contributed by atoms with Crippen molar-refractivity contribution in [2.24, 2.45) is 0 Å². The minimum absolute atomic E-state index is 0.156. The third-order valence-corrected chi connectivity index (χ3v) is 3.03. The molecule has 2 heterocycles. The first kappa shape index (κ1) is 12.8. The lowest BCUT2D eigenvalue weighted by molar-refractivity contribution is 0.110. The van der Waals surface area contributed by atoms with Gasteiger partial charge in [-0.2, -0.15) is 0 Å². The van der Waals surface area contributed by atoms with Crippen LogP contribution in [-0.2, 0) is 11.3 Å². The van der Waals surface area contributed by atoms with Gasteiger partial charge >= 0.3 is 6.09 Å². The van der Waals surface area contributed by atoms with Crippen LogP contribution >= 0.6 is 0 Å². The minimum Gasteiger partial charge on any atom is -0.465 e. The zero-order chi connectivity index (χ0) is 13.0. The summed E-state index contributed by atoms with van der Waals surface area (Å²) < 4.78 is 10.7. The van der Waals surface area contributed by atoms with Crippen LogP contribution in [-0.4, -0.2) is 46.0 Å². The van der Waals surface area contributed by atoms with E-state index in [-0.39, 0.29) is 5.92 Å². The molecule has 1 aromatic rings. The molecular weight excluding hydrogens is 238 g/mol. The van der Waals surface area contributed by atoms with Crippen molar-refractivity contribution in [3.8, 4) is 0 Å². The van der Waals surface area contributed by atoms with Gasteiger partial charge in [0.05, 0.1) is 0 Å². The van der Waals surface area contributed by atoms with Crippen molar-refractivity contribution in [1.29, 1.82) is 0 Å². The van der Waals surface area contributed by atoms with Gasteiger partial charge < -0.3 is 19.2 Å². The first-order valence-corrected chi connectivity index (χ1v) is 6.08. The maximum atomic E-state index is 10.8. The highest BCUT2D eigenvalue weighted by atomic mass is 16.5. The predicted octanol–water partition coefficient (Wildman–Crippen LogP) is 1.46. The number of ether oxygens (including phenoxy) is 1. The van der Waals surface area contributed by atoms with E-state index in [1.807, 2.05) is 6.92 Å². The van der Waals surface area contributed by atoms with E-state index in [2.05, 4.69) is 10.2 Å². The standard InChI is InChI=1S/C11H17N3O4/c1-2-17-7-9-12-13-10(18-9)8-3-5-14(6-4-8)11(15)16/h8H,2-7H2,1H3,(H,15,16). The zero-order valence-electron chi connectivity index (χ0n) is 10.3. The summed E-state index contributed by atoms with van der Waals surface area (Å²) in [6.45, 7) is 3.87. The normalized spacial score (nSPS) is 17.1. The van der Waals surface area contributed by atoms with Crippen LogP contribution in [0.5, 0.6) is 0 Å². The van der Waals surface area contributed by atoms with Gasteiger partial charge in [-0.1, -0.05) is 0 Å². The van der Waals surface area contributed by atoms with Crippen molar-refractivity contribution in [2.45, 2.75) is 32.3 Å². The van der Waals surface area contributed by atoms with Crippen LogP contribution < -0.4 is 0 Å². The van der Waals surface area contributed by atoms with Crippen LogP contribution in [0.25, 0.3) is 0 Å². The summed E-state index contributed by atoms with van der Waals surface area (Å²) in [5.41, 5.74) is 0. The van der Waals surface area contributed by atoms with E-state index in [0.29, 0.717) is 38.1 Å². The lowest BCUT2D eigenvalue weighted by atomic mass is 9.97. The van der Waals surface area contributed by atoms with E-state index in [1.54, 1.807) is 0 Å². The fourth-order valence-corrected chi connectivity index (χ4v) is 2.00. The van der Waals surface area contributed by atoms with Crippen molar-refractivity contribution in [1.82, 2.24) is 15.1 Å². The smallest absolute Gasteiger partial charge is 0.407 e. The number of amides is 1. The Morgan fingerprint density at radius 3 is 2.83 bits per heavy atom. The molecule has 1 fully saturated rings. The Morgan fingerprint density at radius 1 is 1.50 bits per heavy atom. The number of hydrogen-bond acceptors (Lipinski definition) is 5. The van der Waals surface area contributed by atoms with Gasteiger partial charge in [0.2, 0.25) is 11.8 Å². The summed E-state index contributed by atoms with van der Waals surface area (Å²) in [6, 6.07) is 0. The molecule has 0 saturated carbocycles. The highest BCUT2D eigenvalue weighted by Gasteiger charge is 2.26. The molecule has 1 amide bonds. The maximum Gasteiger partial charge on any atom is 0.407 e. The Kier molecular flexibility index (Phi) is 4.14. The number of aromatic nitrogens is 2. The molecular formula is C11H17N3O4. The van der Waals surface area contributed by atoms with E-state index < -0.39 is 6.09 Å². The highest BCUT2D eigenvalue weighted by Crippen LogP contribution is 2.27. The minimum atomic E-state index is -0.865. The summed E-state index contributed by atoms with van der Waals surface area (Å²) in [5, 5.41) is 16.8. The van der Waals surface area contributed by atoms with E-state index in [9.17, 15) is 4.79 Å². The molecule has 1 aliphatic heterocycles.